The minimum Gasteiger partial charge on any atom is -0.317 e. The van der Waals surface area contributed by atoms with E-state index in [1.54, 1.807) is 25.0 Å². The summed E-state index contributed by atoms with van der Waals surface area (Å²) in [4.78, 5) is 8.14. The maximum absolute atomic E-state index is 9.01. The van der Waals surface area contributed by atoms with Crippen molar-refractivity contribution in [3.05, 3.63) is 37.4 Å². The van der Waals surface area contributed by atoms with Crippen molar-refractivity contribution in [2.24, 2.45) is 5.41 Å². The summed E-state index contributed by atoms with van der Waals surface area (Å²) < 4.78 is 10.1. The first-order valence-electron chi connectivity index (χ1n) is 6.32. The Morgan fingerprint density at radius 1 is 1.20 bits per heavy atom. The van der Waals surface area contributed by atoms with Gasteiger partial charge in [-0.25, -0.2) is 9.97 Å². The molecule has 7 heteroatoms. The van der Waals surface area contributed by atoms with Crippen LogP contribution in [0.25, 0.3) is 0 Å². The summed E-state index contributed by atoms with van der Waals surface area (Å²) in [6.07, 6.45) is 10.8. The molecule has 0 aliphatic carbocycles. The van der Waals surface area contributed by atoms with Crippen molar-refractivity contribution in [1.82, 2.24) is 18.6 Å². The lowest BCUT2D eigenvalue weighted by molar-refractivity contribution is 0.101. The number of aromatic nitrogens is 4. The molecular weight excluding hydrogens is 273 g/mol. The van der Waals surface area contributed by atoms with E-state index in [0.29, 0.717) is 6.42 Å². The smallest absolute Gasteiger partial charge is 0.259 e. The normalized spacial score (nSPS) is 13.3. The summed E-state index contributed by atoms with van der Waals surface area (Å²) in [5.41, 5.74) is -0.114. The van der Waals surface area contributed by atoms with Crippen LogP contribution in [0.2, 0.25) is 0 Å². The maximum atomic E-state index is 9.01. The highest BCUT2D eigenvalue weighted by molar-refractivity contribution is 7.49. The highest BCUT2D eigenvalue weighted by Crippen LogP contribution is 2.44. The van der Waals surface area contributed by atoms with E-state index in [-0.39, 0.29) is 11.5 Å². The van der Waals surface area contributed by atoms with E-state index in [9.17, 15) is 0 Å². The van der Waals surface area contributed by atoms with Crippen molar-refractivity contribution in [3.63, 3.8) is 0 Å². The van der Waals surface area contributed by atoms with Gasteiger partial charge in [-0.3, -0.25) is 8.68 Å². The lowest BCUT2D eigenvalue weighted by Gasteiger charge is -2.32. The Morgan fingerprint density at radius 2 is 1.75 bits per heavy atom. The number of hydrogen-bond donors (Lipinski definition) is 0. The SMILES string of the molecule is CC(C)(C)C(CC#N)OP(n1ccnc1)n1ccnc1. The maximum Gasteiger partial charge on any atom is 0.259 e. The van der Waals surface area contributed by atoms with Gasteiger partial charge in [0.05, 0.1) is 18.6 Å². The molecule has 0 aromatic carbocycles. The zero-order valence-electron chi connectivity index (χ0n) is 11.8. The Hall–Kier alpha value is -1.70. The second kappa shape index (κ2) is 6.17. The standard InChI is InChI=1S/C13H18N5OP/c1-13(2,3)12(4-5-14)19-20(17-8-6-15-10-17)18-9-7-16-11-18/h6-12H,4H2,1-3H3. The topological polar surface area (TPSA) is 68.7 Å². The third kappa shape index (κ3) is 3.44. The van der Waals surface area contributed by atoms with Gasteiger partial charge in [-0.2, -0.15) is 5.26 Å². The van der Waals surface area contributed by atoms with Crippen LogP contribution >= 0.6 is 8.45 Å². The zero-order valence-corrected chi connectivity index (χ0v) is 12.7. The van der Waals surface area contributed by atoms with Crippen LogP contribution in [0.15, 0.2) is 37.4 Å². The van der Waals surface area contributed by atoms with Crippen molar-refractivity contribution in [1.29, 1.82) is 5.26 Å². The van der Waals surface area contributed by atoms with Gasteiger partial charge in [-0.05, 0) is 5.41 Å². The summed E-state index contributed by atoms with van der Waals surface area (Å²) in [6.45, 7) is 6.22. The van der Waals surface area contributed by atoms with E-state index in [1.165, 1.54) is 0 Å². The molecule has 106 valence electrons. The Kier molecular flexibility index (Phi) is 4.53. The predicted molar refractivity (Wildman–Crippen MR) is 76.7 cm³/mol. The molecule has 6 nitrogen and oxygen atoms in total. The van der Waals surface area contributed by atoms with Gasteiger partial charge < -0.3 is 4.52 Å². The fourth-order valence-corrected chi connectivity index (χ4v) is 3.35. The van der Waals surface area contributed by atoms with Gasteiger partial charge in [-0.1, -0.05) is 20.8 Å². The third-order valence-electron chi connectivity index (χ3n) is 2.84. The van der Waals surface area contributed by atoms with E-state index in [1.807, 2.05) is 21.1 Å². The van der Waals surface area contributed by atoms with Gasteiger partial charge in [-0.15, -0.1) is 0 Å². The number of rotatable bonds is 5. The van der Waals surface area contributed by atoms with Gasteiger partial charge in [0, 0.05) is 24.8 Å². The molecule has 0 fully saturated rings. The molecule has 1 unspecified atom stereocenters. The van der Waals surface area contributed by atoms with Crippen LogP contribution in [0.5, 0.6) is 0 Å². The molecule has 2 aromatic heterocycles. The summed E-state index contributed by atoms with van der Waals surface area (Å²) >= 11 is 0. The van der Waals surface area contributed by atoms with Crippen LogP contribution in [-0.4, -0.2) is 24.7 Å². The minimum absolute atomic E-state index is 0.114. The van der Waals surface area contributed by atoms with Crippen LogP contribution in [-0.2, 0) is 4.52 Å². The molecule has 0 aliphatic rings. The second-order valence-corrected chi connectivity index (χ2v) is 7.10. The van der Waals surface area contributed by atoms with E-state index in [4.69, 9.17) is 9.79 Å². The van der Waals surface area contributed by atoms with Crippen LogP contribution < -0.4 is 0 Å². The van der Waals surface area contributed by atoms with Crippen molar-refractivity contribution < 1.29 is 4.52 Å². The second-order valence-electron chi connectivity index (χ2n) is 5.46. The summed E-state index contributed by atoms with van der Waals surface area (Å²) in [7, 11) is -1.13. The summed E-state index contributed by atoms with van der Waals surface area (Å²) in [5.74, 6) is 0. The van der Waals surface area contributed by atoms with E-state index in [0.717, 1.165) is 0 Å². The molecule has 0 spiro atoms. The first-order chi connectivity index (χ1) is 9.52. The van der Waals surface area contributed by atoms with Crippen molar-refractivity contribution in [3.8, 4) is 6.07 Å². The fraction of sp³-hybridized carbons (Fsp3) is 0.462. The summed E-state index contributed by atoms with van der Waals surface area (Å²) in [5, 5.41) is 9.01. The molecular formula is C13H18N5OP. The average molecular weight is 291 g/mol. The third-order valence-corrected chi connectivity index (χ3v) is 4.55. The number of nitrogens with zero attached hydrogens (tertiary/aromatic N) is 5. The molecule has 2 aromatic rings. The Labute approximate surface area is 120 Å². The first-order valence-corrected chi connectivity index (χ1v) is 7.49. The Morgan fingerprint density at radius 3 is 2.10 bits per heavy atom. The molecule has 0 aliphatic heterocycles. The van der Waals surface area contributed by atoms with Crippen LogP contribution in [0.1, 0.15) is 27.2 Å². The van der Waals surface area contributed by atoms with E-state index in [2.05, 4.69) is 36.8 Å². The molecule has 1 atom stereocenters. The van der Waals surface area contributed by atoms with Gasteiger partial charge in [0.25, 0.3) is 8.45 Å². The molecule has 0 amide bonds. The van der Waals surface area contributed by atoms with Crippen LogP contribution in [0.3, 0.4) is 0 Å². The molecule has 0 saturated heterocycles. The van der Waals surface area contributed by atoms with Gasteiger partial charge in [0.2, 0.25) is 0 Å². The van der Waals surface area contributed by atoms with Gasteiger partial charge >= 0.3 is 0 Å². The van der Waals surface area contributed by atoms with Gasteiger partial charge in [0.15, 0.2) is 0 Å². The van der Waals surface area contributed by atoms with Crippen molar-refractivity contribution in [2.75, 3.05) is 0 Å². The first kappa shape index (κ1) is 14.7. The summed E-state index contributed by atoms with van der Waals surface area (Å²) in [6, 6.07) is 2.21. The average Bonchev–Trinajstić information content (AvgIpc) is 3.05. The molecule has 0 radical (unpaired) electrons. The molecule has 0 saturated carbocycles. The fourth-order valence-electron chi connectivity index (χ4n) is 1.63. The molecule has 0 N–H and O–H groups in total. The van der Waals surface area contributed by atoms with Gasteiger partial charge in [0.1, 0.15) is 12.7 Å². The molecule has 2 heterocycles. The quantitative estimate of drug-likeness (QED) is 0.794. The number of imidazole rings is 2. The number of nitriles is 1. The highest BCUT2D eigenvalue weighted by atomic mass is 31.2. The van der Waals surface area contributed by atoms with Crippen molar-refractivity contribution >= 4 is 8.45 Å². The highest BCUT2D eigenvalue weighted by Gasteiger charge is 2.30. The minimum atomic E-state index is -1.13. The Bertz CT molecular complexity index is 518. The largest absolute Gasteiger partial charge is 0.317 e. The molecule has 20 heavy (non-hydrogen) atoms. The predicted octanol–water partition coefficient (Wildman–Crippen LogP) is 3.05. The van der Waals surface area contributed by atoms with E-state index >= 15 is 0 Å². The molecule has 2 rings (SSSR count). The Balaban J connectivity index is 2.26. The lowest BCUT2D eigenvalue weighted by atomic mass is 9.88. The van der Waals surface area contributed by atoms with Crippen LogP contribution in [0.4, 0.5) is 0 Å². The molecule has 0 bridgehead atoms. The zero-order chi connectivity index (χ0) is 14.6. The lowest BCUT2D eigenvalue weighted by Crippen LogP contribution is -2.28. The van der Waals surface area contributed by atoms with Crippen molar-refractivity contribution in [2.45, 2.75) is 33.3 Å². The van der Waals surface area contributed by atoms with E-state index < -0.39 is 8.45 Å². The number of hydrogen-bond acceptors (Lipinski definition) is 4. The van der Waals surface area contributed by atoms with Crippen LogP contribution in [0, 0.1) is 16.7 Å². The monoisotopic (exact) mass is 291 g/mol.